The summed E-state index contributed by atoms with van der Waals surface area (Å²) in [6.45, 7) is 0.922. The van der Waals surface area contributed by atoms with Crippen LogP contribution in [0.4, 0.5) is 16.2 Å². The van der Waals surface area contributed by atoms with Crippen LogP contribution in [0.5, 0.6) is 0 Å². The van der Waals surface area contributed by atoms with Gasteiger partial charge in [-0.05, 0) is 37.3 Å². The zero-order chi connectivity index (χ0) is 19.8. The van der Waals surface area contributed by atoms with E-state index in [-0.39, 0.29) is 5.02 Å². The van der Waals surface area contributed by atoms with E-state index in [2.05, 4.69) is 16.0 Å². The van der Waals surface area contributed by atoms with Crippen molar-refractivity contribution in [2.45, 2.75) is 13.0 Å². The molecular weight excluding hydrogens is 393 g/mol. The van der Waals surface area contributed by atoms with E-state index in [0.29, 0.717) is 16.4 Å². The lowest BCUT2D eigenvalue weighted by Gasteiger charge is -2.14. The van der Waals surface area contributed by atoms with Crippen molar-refractivity contribution in [3.8, 4) is 0 Å². The van der Waals surface area contributed by atoms with E-state index >= 15 is 0 Å². The first kappa shape index (κ1) is 20.5. The summed E-state index contributed by atoms with van der Waals surface area (Å²) in [5, 5.41) is 8.18. The Kier molecular flexibility index (Phi) is 7.45. The van der Waals surface area contributed by atoms with Crippen molar-refractivity contribution < 1.29 is 19.1 Å². The number of para-hydroxylation sites is 1. The topological polar surface area (TPSA) is 96.5 Å². The molecule has 27 heavy (non-hydrogen) atoms. The highest BCUT2D eigenvalue weighted by Crippen LogP contribution is 2.25. The first-order valence-corrected chi connectivity index (χ1v) is 8.65. The average Bonchev–Trinajstić information content (AvgIpc) is 2.62. The van der Waals surface area contributed by atoms with Crippen molar-refractivity contribution in [1.82, 2.24) is 5.32 Å². The summed E-state index contributed by atoms with van der Waals surface area (Å²) < 4.78 is 4.89. The fraction of sp³-hybridized carbons (Fsp3) is 0.167. The molecule has 2 aromatic carbocycles. The van der Waals surface area contributed by atoms with Gasteiger partial charge in [-0.1, -0.05) is 41.4 Å². The van der Waals surface area contributed by atoms with Crippen LogP contribution in [-0.4, -0.2) is 30.6 Å². The minimum absolute atomic E-state index is 0.259. The number of hydrogen-bond donors (Lipinski definition) is 3. The minimum atomic E-state index is -0.944. The van der Waals surface area contributed by atoms with E-state index in [1.807, 2.05) is 6.07 Å². The Morgan fingerprint density at radius 2 is 1.74 bits per heavy atom. The lowest BCUT2D eigenvalue weighted by atomic mass is 10.3. The molecule has 9 heteroatoms. The second kappa shape index (κ2) is 9.80. The molecule has 0 aliphatic rings. The lowest BCUT2D eigenvalue weighted by molar-refractivity contribution is -0.148. The van der Waals surface area contributed by atoms with Crippen molar-refractivity contribution in [3.05, 3.63) is 58.6 Å². The molecule has 142 valence electrons. The van der Waals surface area contributed by atoms with Crippen LogP contribution in [-0.2, 0) is 14.3 Å². The molecule has 0 radical (unpaired) electrons. The number of urea groups is 1. The van der Waals surface area contributed by atoms with E-state index in [1.165, 1.54) is 19.1 Å². The number of benzene rings is 2. The van der Waals surface area contributed by atoms with Gasteiger partial charge in [0.1, 0.15) is 6.04 Å². The summed E-state index contributed by atoms with van der Waals surface area (Å²) in [4.78, 5) is 35.6. The van der Waals surface area contributed by atoms with Crippen LogP contribution in [0.3, 0.4) is 0 Å². The zero-order valence-electron chi connectivity index (χ0n) is 14.3. The number of rotatable bonds is 6. The molecule has 0 aromatic heterocycles. The van der Waals surface area contributed by atoms with E-state index in [4.69, 9.17) is 27.9 Å². The van der Waals surface area contributed by atoms with Gasteiger partial charge < -0.3 is 20.7 Å². The molecule has 0 aliphatic heterocycles. The molecule has 3 N–H and O–H groups in total. The number of esters is 1. The van der Waals surface area contributed by atoms with Gasteiger partial charge in [-0.15, -0.1) is 0 Å². The molecule has 0 fully saturated rings. The van der Waals surface area contributed by atoms with Crippen LogP contribution in [0, 0.1) is 0 Å². The number of ether oxygens (including phenoxy) is 1. The summed E-state index contributed by atoms with van der Waals surface area (Å²) in [6.07, 6.45) is 0. The zero-order valence-corrected chi connectivity index (χ0v) is 15.8. The first-order chi connectivity index (χ1) is 12.8. The van der Waals surface area contributed by atoms with Gasteiger partial charge in [-0.3, -0.25) is 4.79 Å². The third-order valence-corrected chi connectivity index (χ3v) is 3.83. The highest BCUT2D eigenvalue weighted by molar-refractivity contribution is 6.36. The molecule has 1 atom stereocenters. The Morgan fingerprint density at radius 3 is 2.41 bits per heavy atom. The molecule has 0 bridgehead atoms. The summed E-state index contributed by atoms with van der Waals surface area (Å²) in [5.74, 6) is -1.33. The maximum Gasteiger partial charge on any atom is 0.328 e. The standard InChI is InChI=1S/C18H17Cl2N3O4/c1-11(21-18(26)22-13-5-3-2-4-6-13)17(25)27-10-16(24)23-15-8-7-12(19)9-14(15)20/h2-9,11H,10H2,1H3,(H,23,24)(H2,21,22,26)/t11-/m0/s1. The van der Waals surface area contributed by atoms with Crippen LogP contribution in [0.15, 0.2) is 48.5 Å². The van der Waals surface area contributed by atoms with Gasteiger partial charge in [0.25, 0.3) is 5.91 Å². The Hall–Kier alpha value is -2.77. The SMILES string of the molecule is C[C@H](NC(=O)Nc1ccccc1)C(=O)OCC(=O)Nc1ccc(Cl)cc1Cl. The third-order valence-electron chi connectivity index (χ3n) is 3.28. The maximum absolute atomic E-state index is 11.9. The highest BCUT2D eigenvalue weighted by Gasteiger charge is 2.18. The number of amides is 3. The third kappa shape index (κ3) is 6.80. The number of hydrogen-bond acceptors (Lipinski definition) is 4. The molecule has 0 unspecified atom stereocenters. The summed E-state index contributed by atoms with van der Waals surface area (Å²) in [5.41, 5.74) is 0.922. The number of nitrogens with one attached hydrogen (secondary N) is 3. The van der Waals surface area contributed by atoms with Gasteiger partial charge in [0.15, 0.2) is 6.61 Å². The van der Waals surface area contributed by atoms with Crippen molar-refractivity contribution in [2.24, 2.45) is 0 Å². The predicted octanol–water partition coefficient (Wildman–Crippen LogP) is 3.69. The molecule has 7 nitrogen and oxygen atoms in total. The smallest absolute Gasteiger partial charge is 0.328 e. The molecule has 2 aromatic rings. The Bertz CT molecular complexity index is 831. The van der Waals surface area contributed by atoms with Crippen LogP contribution < -0.4 is 16.0 Å². The van der Waals surface area contributed by atoms with E-state index in [1.54, 1.807) is 30.3 Å². The van der Waals surface area contributed by atoms with Gasteiger partial charge in [0.05, 0.1) is 10.7 Å². The second-order valence-electron chi connectivity index (χ2n) is 5.47. The predicted molar refractivity (Wildman–Crippen MR) is 104 cm³/mol. The van der Waals surface area contributed by atoms with Gasteiger partial charge in [-0.2, -0.15) is 0 Å². The number of carbonyl (C=O) groups is 3. The molecule has 0 saturated carbocycles. The van der Waals surface area contributed by atoms with E-state index in [0.717, 1.165) is 0 Å². The van der Waals surface area contributed by atoms with Crippen LogP contribution in [0.2, 0.25) is 10.0 Å². The second-order valence-corrected chi connectivity index (χ2v) is 6.31. The normalized spacial score (nSPS) is 11.2. The Balaban J connectivity index is 1.76. The molecular formula is C18H17Cl2N3O4. The quantitative estimate of drug-likeness (QED) is 0.633. The van der Waals surface area contributed by atoms with Crippen LogP contribution >= 0.6 is 23.2 Å². The monoisotopic (exact) mass is 409 g/mol. The van der Waals surface area contributed by atoms with Crippen molar-refractivity contribution in [2.75, 3.05) is 17.2 Å². The van der Waals surface area contributed by atoms with Crippen molar-refractivity contribution >= 4 is 52.5 Å². The van der Waals surface area contributed by atoms with E-state index < -0.39 is 30.6 Å². The van der Waals surface area contributed by atoms with Gasteiger partial charge in [0, 0.05) is 10.7 Å². The van der Waals surface area contributed by atoms with Gasteiger partial charge >= 0.3 is 12.0 Å². The van der Waals surface area contributed by atoms with Gasteiger partial charge in [0.2, 0.25) is 0 Å². The minimum Gasteiger partial charge on any atom is -0.454 e. The Morgan fingerprint density at radius 1 is 1.04 bits per heavy atom. The van der Waals surface area contributed by atoms with Crippen LogP contribution in [0.25, 0.3) is 0 Å². The fourth-order valence-electron chi connectivity index (χ4n) is 1.98. The van der Waals surface area contributed by atoms with Crippen molar-refractivity contribution in [1.29, 1.82) is 0 Å². The van der Waals surface area contributed by atoms with E-state index in [9.17, 15) is 14.4 Å². The number of anilines is 2. The van der Waals surface area contributed by atoms with Crippen LogP contribution in [0.1, 0.15) is 6.92 Å². The lowest BCUT2D eigenvalue weighted by Crippen LogP contribution is -2.42. The molecule has 0 aliphatic carbocycles. The summed E-state index contributed by atoms with van der Waals surface area (Å²) >= 11 is 11.7. The maximum atomic E-state index is 11.9. The van der Waals surface area contributed by atoms with Gasteiger partial charge in [-0.25, -0.2) is 9.59 Å². The highest BCUT2D eigenvalue weighted by atomic mass is 35.5. The Labute approximate surface area is 166 Å². The molecule has 0 heterocycles. The number of halogens is 2. The molecule has 3 amide bonds. The summed E-state index contributed by atoms with van der Waals surface area (Å²) in [6, 6.07) is 11.8. The largest absolute Gasteiger partial charge is 0.454 e. The van der Waals surface area contributed by atoms with Crippen molar-refractivity contribution in [3.63, 3.8) is 0 Å². The molecule has 2 rings (SSSR count). The molecule has 0 saturated heterocycles. The fourth-order valence-corrected chi connectivity index (χ4v) is 2.44. The average molecular weight is 410 g/mol. The molecule has 0 spiro atoms. The summed E-state index contributed by atoms with van der Waals surface area (Å²) in [7, 11) is 0. The number of carbonyl (C=O) groups excluding carboxylic acids is 3. The first-order valence-electron chi connectivity index (χ1n) is 7.89.